The van der Waals surface area contributed by atoms with Crippen molar-refractivity contribution in [3.05, 3.63) is 60.2 Å². The molecule has 0 saturated heterocycles. The van der Waals surface area contributed by atoms with Crippen LogP contribution in [0.3, 0.4) is 0 Å². The van der Waals surface area contributed by atoms with E-state index in [4.69, 9.17) is 9.47 Å². The second kappa shape index (κ2) is 9.03. The minimum atomic E-state index is 0.719. The van der Waals surface area contributed by atoms with E-state index in [9.17, 15) is 0 Å². The van der Waals surface area contributed by atoms with Gasteiger partial charge in [-0.05, 0) is 36.6 Å². The summed E-state index contributed by atoms with van der Waals surface area (Å²) in [7, 11) is 1.73. The average Bonchev–Trinajstić information content (AvgIpc) is 2.54. The van der Waals surface area contributed by atoms with Crippen LogP contribution in [-0.4, -0.2) is 26.9 Å². The molecule has 0 aliphatic heterocycles. The van der Waals surface area contributed by atoms with E-state index in [-0.39, 0.29) is 0 Å². The summed E-state index contributed by atoms with van der Waals surface area (Å²) >= 11 is 0. The third-order valence-corrected chi connectivity index (χ3v) is 3.24. The summed E-state index contributed by atoms with van der Waals surface area (Å²) in [5.41, 5.74) is 2.48. The molecule has 0 spiro atoms. The minimum Gasteiger partial charge on any atom is -0.494 e. The third-order valence-electron chi connectivity index (χ3n) is 3.24. The zero-order valence-electron chi connectivity index (χ0n) is 12.5. The zero-order valence-corrected chi connectivity index (χ0v) is 12.5. The van der Waals surface area contributed by atoms with Crippen LogP contribution in [0.5, 0.6) is 5.75 Å². The molecule has 3 heteroatoms. The van der Waals surface area contributed by atoms with Gasteiger partial charge in [-0.3, -0.25) is 0 Å². The summed E-state index contributed by atoms with van der Waals surface area (Å²) in [5.74, 6) is 0.929. The monoisotopic (exact) mass is 285 g/mol. The van der Waals surface area contributed by atoms with Gasteiger partial charge in [-0.2, -0.15) is 0 Å². The molecule has 0 fully saturated rings. The molecule has 2 aromatic rings. The summed E-state index contributed by atoms with van der Waals surface area (Å²) < 4.78 is 10.8. The first kappa shape index (κ1) is 15.4. The van der Waals surface area contributed by atoms with Gasteiger partial charge in [0.15, 0.2) is 0 Å². The number of hydrogen-bond donors (Lipinski definition) is 1. The van der Waals surface area contributed by atoms with Crippen LogP contribution in [0.25, 0.3) is 0 Å². The highest BCUT2D eigenvalue weighted by molar-refractivity contribution is 5.51. The van der Waals surface area contributed by atoms with E-state index >= 15 is 0 Å². The fourth-order valence-electron chi connectivity index (χ4n) is 2.12. The number of anilines is 1. The Morgan fingerprint density at radius 1 is 0.905 bits per heavy atom. The lowest BCUT2D eigenvalue weighted by Crippen LogP contribution is -2.09. The molecule has 21 heavy (non-hydrogen) atoms. The van der Waals surface area contributed by atoms with Gasteiger partial charge in [0.05, 0.1) is 13.2 Å². The van der Waals surface area contributed by atoms with Gasteiger partial charge >= 0.3 is 0 Å². The highest BCUT2D eigenvalue weighted by Crippen LogP contribution is 2.15. The maximum absolute atomic E-state index is 5.68. The molecule has 0 bridgehead atoms. The summed E-state index contributed by atoms with van der Waals surface area (Å²) in [5, 5.41) is 3.47. The molecule has 0 amide bonds. The Morgan fingerprint density at radius 3 is 2.48 bits per heavy atom. The standard InChI is InChI=1S/C18H23NO2/c1-20-15-12-16-8-5-6-11-18(16)19-13-7-14-21-17-9-3-2-4-10-17/h2-6,8-11,19H,7,12-15H2,1H3. The summed E-state index contributed by atoms with van der Waals surface area (Å²) in [6.45, 7) is 2.36. The van der Waals surface area contributed by atoms with E-state index in [0.29, 0.717) is 0 Å². The topological polar surface area (TPSA) is 30.5 Å². The molecule has 2 aromatic carbocycles. The Bertz CT molecular complexity index is 514. The minimum absolute atomic E-state index is 0.719. The van der Waals surface area contributed by atoms with Crippen molar-refractivity contribution in [2.24, 2.45) is 0 Å². The molecule has 0 aliphatic rings. The Balaban J connectivity index is 1.71. The molecule has 1 N–H and O–H groups in total. The van der Waals surface area contributed by atoms with Gasteiger partial charge in [-0.15, -0.1) is 0 Å². The van der Waals surface area contributed by atoms with E-state index in [1.165, 1.54) is 11.3 Å². The van der Waals surface area contributed by atoms with Crippen LogP contribution < -0.4 is 10.1 Å². The second-order valence-corrected chi connectivity index (χ2v) is 4.84. The van der Waals surface area contributed by atoms with Crippen molar-refractivity contribution in [1.82, 2.24) is 0 Å². The lowest BCUT2D eigenvalue weighted by atomic mass is 10.1. The summed E-state index contributed by atoms with van der Waals surface area (Å²) in [6, 6.07) is 18.3. The average molecular weight is 285 g/mol. The van der Waals surface area contributed by atoms with Crippen molar-refractivity contribution < 1.29 is 9.47 Å². The number of para-hydroxylation sites is 2. The van der Waals surface area contributed by atoms with Crippen LogP contribution >= 0.6 is 0 Å². The van der Waals surface area contributed by atoms with E-state index < -0.39 is 0 Å². The molecule has 2 rings (SSSR count). The van der Waals surface area contributed by atoms with Crippen molar-refractivity contribution in [2.45, 2.75) is 12.8 Å². The smallest absolute Gasteiger partial charge is 0.119 e. The molecule has 0 saturated carbocycles. The molecule has 0 aromatic heterocycles. The second-order valence-electron chi connectivity index (χ2n) is 4.84. The third kappa shape index (κ3) is 5.48. The fraction of sp³-hybridized carbons (Fsp3) is 0.333. The Morgan fingerprint density at radius 2 is 1.67 bits per heavy atom. The molecule has 3 nitrogen and oxygen atoms in total. The van der Waals surface area contributed by atoms with Crippen LogP contribution in [0.1, 0.15) is 12.0 Å². The SMILES string of the molecule is COCCc1ccccc1NCCCOc1ccccc1. The molecule has 0 heterocycles. The number of benzene rings is 2. The maximum Gasteiger partial charge on any atom is 0.119 e. The number of hydrogen-bond acceptors (Lipinski definition) is 3. The molecule has 0 atom stereocenters. The molecule has 0 unspecified atom stereocenters. The van der Waals surface area contributed by atoms with Crippen molar-refractivity contribution in [3.8, 4) is 5.75 Å². The quantitative estimate of drug-likeness (QED) is 0.712. The van der Waals surface area contributed by atoms with Crippen LogP contribution in [0.2, 0.25) is 0 Å². The lowest BCUT2D eigenvalue weighted by Gasteiger charge is -2.12. The summed E-state index contributed by atoms with van der Waals surface area (Å²) in [4.78, 5) is 0. The Kier molecular flexibility index (Phi) is 6.62. The molecule has 0 aliphatic carbocycles. The van der Waals surface area contributed by atoms with Crippen LogP contribution in [0.15, 0.2) is 54.6 Å². The van der Waals surface area contributed by atoms with Crippen LogP contribution in [-0.2, 0) is 11.2 Å². The number of ether oxygens (including phenoxy) is 2. The lowest BCUT2D eigenvalue weighted by molar-refractivity contribution is 0.202. The predicted octanol–water partition coefficient (Wildman–Crippen LogP) is 3.76. The van der Waals surface area contributed by atoms with Gasteiger partial charge in [0.2, 0.25) is 0 Å². The zero-order chi connectivity index (χ0) is 14.8. The van der Waals surface area contributed by atoms with E-state index in [1.807, 2.05) is 30.3 Å². The number of nitrogens with one attached hydrogen (secondary N) is 1. The van der Waals surface area contributed by atoms with Crippen molar-refractivity contribution >= 4 is 5.69 Å². The van der Waals surface area contributed by atoms with Gasteiger partial charge in [0, 0.05) is 19.3 Å². The first-order valence-corrected chi connectivity index (χ1v) is 7.38. The maximum atomic E-state index is 5.68. The first-order valence-electron chi connectivity index (χ1n) is 7.38. The Hall–Kier alpha value is -2.00. The largest absolute Gasteiger partial charge is 0.494 e. The highest BCUT2D eigenvalue weighted by Gasteiger charge is 2.00. The van der Waals surface area contributed by atoms with Gasteiger partial charge < -0.3 is 14.8 Å². The van der Waals surface area contributed by atoms with E-state index in [1.54, 1.807) is 7.11 Å². The molecular weight excluding hydrogens is 262 g/mol. The van der Waals surface area contributed by atoms with Crippen LogP contribution in [0.4, 0.5) is 5.69 Å². The predicted molar refractivity (Wildman–Crippen MR) is 87.1 cm³/mol. The van der Waals surface area contributed by atoms with E-state index in [2.05, 4.69) is 29.6 Å². The van der Waals surface area contributed by atoms with Crippen molar-refractivity contribution in [1.29, 1.82) is 0 Å². The Labute approximate surface area is 126 Å². The van der Waals surface area contributed by atoms with Crippen LogP contribution in [0, 0.1) is 0 Å². The molecule has 112 valence electrons. The van der Waals surface area contributed by atoms with Crippen molar-refractivity contribution in [3.63, 3.8) is 0 Å². The van der Waals surface area contributed by atoms with E-state index in [0.717, 1.165) is 38.3 Å². The van der Waals surface area contributed by atoms with Gasteiger partial charge in [0.1, 0.15) is 5.75 Å². The van der Waals surface area contributed by atoms with Gasteiger partial charge in [-0.25, -0.2) is 0 Å². The number of methoxy groups -OCH3 is 1. The molecular formula is C18H23NO2. The highest BCUT2D eigenvalue weighted by atomic mass is 16.5. The number of rotatable bonds is 9. The fourth-order valence-corrected chi connectivity index (χ4v) is 2.12. The normalized spacial score (nSPS) is 10.3. The molecule has 0 radical (unpaired) electrons. The first-order chi connectivity index (χ1) is 10.4. The van der Waals surface area contributed by atoms with Gasteiger partial charge in [-0.1, -0.05) is 36.4 Å². The van der Waals surface area contributed by atoms with Gasteiger partial charge in [0.25, 0.3) is 0 Å². The van der Waals surface area contributed by atoms with Crippen molar-refractivity contribution in [2.75, 3.05) is 32.2 Å². The summed E-state index contributed by atoms with van der Waals surface area (Å²) in [6.07, 6.45) is 1.90.